The average molecular weight is 360 g/mol. The SMILES string of the molecule is N#Cc1c(-c2ccccc2)nc(CI)n2nccc12. The van der Waals surface area contributed by atoms with Gasteiger partial charge in [-0.15, -0.1) is 0 Å². The normalized spacial score (nSPS) is 10.5. The van der Waals surface area contributed by atoms with Crippen molar-refractivity contribution in [2.24, 2.45) is 0 Å². The number of aromatic nitrogens is 3. The fourth-order valence-corrected chi connectivity index (χ4v) is 2.55. The summed E-state index contributed by atoms with van der Waals surface area (Å²) in [4.78, 5) is 4.60. The van der Waals surface area contributed by atoms with Crippen LogP contribution >= 0.6 is 22.6 Å². The molecule has 1 aromatic carbocycles. The van der Waals surface area contributed by atoms with Crippen molar-refractivity contribution in [3.8, 4) is 17.3 Å². The van der Waals surface area contributed by atoms with E-state index < -0.39 is 0 Å². The van der Waals surface area contributed by atoms with Crippen LogP contribution in [-0.4, -0.2) is 14.6 Å². The molecule has 0 radical (unpaired) electrons. The first-order valence-electron chi connectivity index (χ1n) is 5.73. The van der Waals surface area contributed by atoms with Crippen LogP contribution < -0.4 is 0 Å². The van der Waals surface area contributed by atoms with Gasteiger partial charge >= 0.3 is 0 Å². The third-order valence-corrected chi connectivity index (χ3v) is 3.58. The van der Waals surface area contributed by atoms with Gasteiger partial charge in [0, 0.05) is 5.56 Å². The Labute approximate surface area is 123 Å². The molecular formula is C14H9IN4. The summed E-state index contributed by atoms with van der Waals surface area (Å²) in [5.74, 6) is 0.846. The van der Waals surface area contributed by atoms with Crippen LogP contribution in [0.3, 0.4) is 0 Å². The quantitative estimate of drug-likeness (QED) is 0.521. The van der Waals surface area contributed by atoms with Gasteiger partial charge in [0.2, 0.25) is 0 Å². The van der Waals surface area contributed by atoms with Crippen LogP contribution in [0, 0.1) is 11.3 Å². The maximum Gasteiger partial charge on any atom is 0.141 e. The molecule has 2 aromatic heterocycles. The van der Waals surface area contributed by atoms with E-state index in [2.05, 4.69) is 38.7 Å². The number of hydrogen-bond donors (Lipinski definition) is 0. The van der Waals surface area contributed by atoms with Gasteiger partial charge in [-0.2, -0.15) is 10.4 Å². The Balaban J connectivity index is 2.39. The first kappa shape index (κ1) is 12.1. The molecule has 5 heteroatoms. The van der Waals surface area contributed by atoms with E-state index in [1.165, 1.54) is 0 Å². The van der Waals surface area contributed by atoms with Crippen LogP contribution in [-0.2, 0) is 4.43 Å². The number of rotatable bonds is 2. The van der Waals surface area contributed by atoms with Crippen molar-refractivity contribution >= 4 is 28.1 Å². The van der Waals surface area contributed by atoms with Crippen molar-refractivity contribution in [3.05, 3.63) is 54.0 Å². The lowest BCUT2D eigenvalue weighted by atomic mass is 10.1. The average Bonchev–Trinajstić information content (AvgIpc) is 2.95. The first-order chi connectivity index (χ1) is 9.35. The summed E-state index contributed by atoms with van der Waals surface area (Å²) in [5, 5.41) is 13.7. The molecule has 3 rings (SSSR count). The second-order valence-electron chi connectivity index (χ2n) is 3.99. The van der Waals surface area contributed by atoms with Gasteiger partial charge < -0.3 is 0 Å². The van der Waals surface area contributed by atoms with Crippen LogP contribution in [0.2, 0.25) is 0 Å². The Morgan fingerprint density at radius 3 is 2.68 bits per heavy atom. The molecule has 4 nitrogen and oxygen atoms in total. The second kappa shape index (κ2) is 4.97. The topological polar surface area (TPSA) is 54.0 Å². The molecular weight excluding hydrogens is 351 g/mol. The van der Waals surface area contributed by atoms with Gasteiger partial charge in [0.25, 0.3) is 0 Å². The summed E-state index contributed by atoms with van der Waals surface area (Å²) in [7, 11) is 0. The Kier molecular flexibility index (Phi) is 3.17. The molecule has 0 bridgehead atoms. The van der Waals surface area contributed by atoms with Gasteiger partial charge in [-0.1, -0.05) is 52.9 Å². The molecule has 0 aliphatic rings. The lowest BCUT2D eigenvalue weighted by Gasteiger charge is -2.08. The predicted molar refractivity (Wildman–Crippen MR) is 80.9 cm³/mol. The van der Waals surface area contributed by atoms with Crippen LogP contribution in [0.4, 0.5) is 0 Å². The van der Waals surface area contributed by atoms with Crippen LogP contribution in [0.5, 0.6) is 0 Å². The lowest BCUT2D eigenvalue weighted by Crippen LogP contribution is -2.04. The van der Waals surface area contributed by atoms with Crippen molar-refractivity contribution in [1.82, 2.24) is 14.6 Å². The monoisotopic (exact) mass is 360 g/mol. The number of alkyl halides is 1. The molecule has 19 heavy (non-hydrogen) atoms. The number of nitrogens with zero attached hydrogens (tertiary/aromatic N) is 4. The fourth-order valence-electron chi connectivity index (χ4n) is 2.05. The third-order valence-electron chi connectivity index (χ3n) is 2.90. The van der Waals surface area contributed by atoms with Crippen molar-refractivity contribution in [2.45, 2.75) is 4.43 Å². The fraction of sp³-hybridized carbons (Fsp3) is 0.0714. The highest BCUT2D eigenvalue weighted by atomic mass is 127. The standard InChI is InChI=1S/C14H9IN4/c15-8-13-18-14(10-4-2-1-3-5-10)11(9-16)12-6-7-17-19(12)13/h1-7H,8H2. The number of fused-ring (bicyclic) bond motifs is 1. The van der Waals surface area contributed by atoms with Crippen molar-refractivity contribution in [3.63, 3.8) is 0 Å². The minimum Gasteiger partial charge on any atom is -0.231 e. The number of nitriles is 1. The van der Waals surface area contributed by atoms with E-state index in [0.29, 0.717) is 5.56 Å². The Morgan fingerprint density at radius 2 is 2.00 bits per heavy atom. The highest BCUT2D eigenvalue weighted by molar-refractivity contribution is 14.1. The number of hydrogen-bond acceptors (Lipinski definition) is 3. The summed E-state index contributed by atoms with van der Waals surface area (Å²) in [6.07, 6.45) is 1.70. The molecule has 0 amide bonds. The second-order valence-corrected chi connectivity index (χ2v) is 4.75. The van der Waals surface area contributed by atoms with Gasteiger partial charge in [0.15, 0.2) is 0 Å². The van der Waals surface area contributed by atoms with Gasteiger partial charge in [-0.3, -0.25) is 0 Å². The summed E-state index contributed by atoms with van der Waals surface area (Å²) in [6, 6.07) is 13.9. The highest BCUT2D eigenvalue weighted by Gasteiger charge is 2.15. The van der Waals surface area contributed by atoms with E-state index >= 15 is 0 Å². The Morgan fingerprint density at radius 1 is 1.21 bits per heavy atom. The van der Waals surface area contributed by atoms with E-state index in [0.717, 1.165) is 27.0 Å². The Bertz CT molecular complexity index is 771. The third kappa shape index (κ3) is 1.98. The maximum atomic E-state index is 9.43. The van der Waals surface area contributed by atoms with E-state index in [9.17, 15) is 5.26 Å². The molecule has 2 heterocycles. The molecule has 92 valence electrons. The molecule has 0 aliphatic heterocycles. The molecule has 0 aliphatic carbocycles. The minimum atomic E-state index is 0.567. The van der Waals surface area contributed by atoms with E-state index in [4.69, 9.17) is 0 Å². The number of halogens is 1. The van der Waals surface area contributed by atoms with Crippen molar-refractivity contribution in [1.29, 1.82) is 5.26 Å². The van der Waals surface area contributed by atoms with E-state index in [-0.39, 0.29) is 0 Å². The minimum absolute atomic E-state index is 0.567. The summed E-state index contributed by atoms with van der Waals surface area (Å²) >= 11 is 2.25. The van der Waals surface area contributed by atoms with E-state index in [1.54, 1.807) is 10.7 Å². The maximum absolute atomic E-state index is 9.43. The molecule has 0 unspecified atom stereocenters. The zero-order valence-electron chi connectivity index (χ0n) is 9.92. The molecule has 0 atom stereocenters. The highest BCUT2D eigenvalue weighted by Crippen LogP contribution is 2.25. The molecule has 0 fully saturated rings. The van der Waals surface area contributed by atoms with E-state index in [1.807, 2.05) is 36.4 Å². The smallest absolute Gasteiger partial charge is 0.141 e. The van der Waals surface area contributed by atoms with Gasteiger partial charge in [-0.05, 0) is 6.07 Å². The van der Waals surface area contributed by atoms with Crippen LogP contribution in [0.15, 0.2) is 42.6 Å². The van der Waals surface area contributed by atoms with Crippen molar-refractivity contribution < 1.29 is 0 Å². The van der Waals surface area contributed by atoms with Crippen LogP contribution in [0.1, 0.15) is 11.4 Å². The number of benzene rings is 1. The predicted octanol–water partition coefficient (Wildman–Crippen LogP) is 3.20. The van der Waals surface area contributed by atoms with Gasteiger partial charge in [0.05, 0.1) is 21.8 Å². The summed E-state index contributed by atoms with van der Waals surface area (Å²) in [6.45, 7) is 0. The lowest BCUT2D eigenvalue weighted by molar-refractivity contribution is 0.861. The molecule has 0 saturated heterocycles. The van der Waals surface area contributed by atoms with Gasteiger partial charge in [-0.25, -0.2) is 9.50 Å². The Hall–Kier alpha value is -1.94. The zero-order valence-corrected chi connectivity index (χ0v) is 12.1. The van der Waals surface area contributed by atoms with Gasteiger partial charge in [0.1, 0.15) is 17.5 Å². The molecule has 0 spiro atoms. The first-order valence-corrected chi connectivity index (χ1v) is 7.26. The molecule has 0 saturated carbocycles. The summed E-state index contributed by atoms with van der Waals surface area (Å²) < 4.78 is 2.47. The largest absolute Gasteiger partial charge is 0.231 e. The molecule has 0 N–H and O–H groups in total. The zero-order chi connectivity index (χ0) is 13.2. The van der Waals surface area contributed by atoms with Crippen molar-refractivity contribution in [2.75, 3.05) is 0 Å². The summed E-state index contributed by atoms with van der Waals surface area (Å²) in [5.41, 5.74) is 3.05. The molecule has 3 aromatic rings. The van der Waals surface area contributed by atoms with Crippen LogP contribution in [0.25, 0.3) is 16.8 Å².